The molecule has 0 atom stereocenters. The molecule has 0 heterocycles. The monoisotopic (exact) mass is 424 g/mol. The molecule has 4 rings (SSSR count). The zero-order valence-electron chi connectivity index (χ0n) is 16.9. The van der Waals surface area contributed by atoms with Gasteiger partial charge in [0.1, 0.15) is 0 Å². The molecular formula is C26H20N2O4. The van der Waals surface area contributed by atoms with Crippen molar-refractivity contribution in [3.63, 3.8) is 0 Å². The highest BCUT2D eigenvalue weighted by Gasteiger charge is 2.01. The second-order valence-electron chi connectivity index (χ2n) is 7.11. The van der Waals surface area contributed by atoms with Crippen LogP contribution in [0, 0.1) is 0 Å². The first-order chi connectivity index (χ1) is 15.5. The third kappa shape index (κ3) is 4.94. The Morgan fingerprint density at radius 1 is 0.438 bits per heavy atom. The van der Waals surface area contributed by atoms with Gasteiger partial charge in [-0.15, -0.1) is 0 Å². The van der Waals surface area contributed by atoms with E-state index in [0.717, 1.165) is 22.5 Å². The van der Waals surface area contributed by atoms with Gasteiger partial charge in [-0.2, -0.15) is 0 Å². The van der Waals surface area contributed by atoms with Crippen LogP contribution in [0.2, 0.25) is 0 Å². The number of hydrogen-bond acceptors (Lipinski definition) is 6. The molecule has 0 saturated carbocycles. The number of rotatable bonds is 5. The summed E-state index contributed by atoms with van der Waals surface area (Å²) < 4.78 is 0. The Hall–Kier alpha value is -4.58. The van der Waals surface area contributed by atoms with Crippen molar-refractivity contribution in [1.29, 1.82) is 0 Å². The highest BCUT2D eigenvalue weighted by Crippen LogP contribution is 2.27. The summed E-state index contributed by atoms with van der Waals surface area (Å²) in [5, 5.41) is 37.8. The van der Waals surface area contributed by atoms with Crippen molar-refractivity contribution in [2.24, 2.45) is 9.98 Å². The fourth-order valence-corrected chi connectivity index (χ4v) is 3.02. The summed E-state index contributed by atoms with van der Waals surface area (Å²) in [5.41, 5.74) is 4.96. The van der Waals surface area contributed by atoms with Crippen LogP contribution < -0.4 is 0 Å². The molecule has 0 saturated heterocycles. The molecule has 0 aliphatic heterocycles. The molecule has 0 aliphatic rings. The molecule has 0 aliphatic carbocycles. The van der Waals surface area contributed by atoms with E-state index >= 15 is 0 Å². The van der Waals surface area contributed by atoms with Crippen molar-refractivity contribution in [3.8, 4) is 34.1 Å². The van der Waals surface area contributed by atoms with Crippen molar-refractivity contribution in [2.75, 3.05) is 0 Å². The van der Waals surface area contributed by atoms with Gasteiger partial charge in [0.2, 0.25) is 0 Å². The van der Waals surface area contributed by atoms with E-state index in [2.05, 4.69) is 9.98 Å². The van der Waals surface area contributed by atoms with Crippen LogP contribution in [-0.2, 0) is 0 Å². The van der Waals surface area contributed by atoms with Crippen LogP contribution in [0.15, 0.2) is 94.9 Å². The van der Waals surface area contributed by atoms with E-state index in [1.165, 1.54) is 24.3 Å². The molecule has 158 valence electrons. The first-order valence-corrected chi connectivity index (χ1v) is 9.80. The average Bonchev–Trinajstić information content (AvgIpc) is 2.81. The molecular weight excluding hydrogens is 404 g/mol. The topological polar surface area (TPSA) is 106 Å². The van der Waals surface area contributed by atoms with Crippen LogP contribution in [0.4, 0.5) is 11.4 Å². The summed E-state index contributed by atoms with van der Waals surface area (Å²) in [5.74, 6) is -0.692. The summed E-state index contributed by atoms with van der Waals surface area (Å²) in [6, 6.07) is 24.5. The first kappa shape index (κ1) is 20.7. The number of hydrogen-bond donors (Lipinski definition) is 4. The SMILES string of the molecule is Oc1ccc(C=Nc2ccc(-c3ccc(N=Cc4ccc(O)c(O)c4)cc3)cc2)cc1O. The van der Waals surface area contributed by atoms with E-state index in [0.29, 0.717) is 11.1 Å². The van der Waals surface area contributed by atoms with Gasteiger partial charge in [-0.25, -0.2) is 0 Å². The fraction of sp³-hybridized carbons (Fsp3) is 0. The molecule has 0 bridgehead atoms. The number of aromatic hydroxyl groups is 4. The lowest BCUT2D eigenvalue weighted by Gasteiger charge is -2.03. The van der Waals surface area contributed by atoms with Crippen LogP contribution in [0.25, 0.3) is 11.1 Å². The molecule has 0 unspecified atom stereocenters. The molecule has 0 fully saturated rings. The minimum absolute atomic E-state index is 0.164. The summed E-state index contributed by atoms with van der Waals surface area (Å²) in [6.45, 7) is 0. The summed E-state index contributed by atoms with van der Waals surface area (Å²) in [7, 11) is 0. The minimum atomic E-state index is -0.182. The number of phenols is 4. The van der Waals surface area contributed by atoms with Crippen LogP contribution in [0.1, 0.15) is 11.1 Å². The average molecular weight is 424 g/mol. The van der Waals surface area contributed by atoms with Crippen molar-refractivity contribution in [2.45, 2.75) is 0 Å². The predicted octanol–water partition coefficient (Wildman–Crippen LogP) is 5.68. The van der Waals surface area contributed by atoms with Crippen LogP contribution >= 0.6 is 0 Å². The number of phenolic OH excluding ortho intramolecular Hbond substituents is 4. The lowest BCUT2D eigenvalue weighted by Crippen LogP contribution is -1.81. The molecule has 0 amide bonds. The quantitative estimate of drug-likeness (QED) is 0.244. The first-order valence-electron chi connectivity index (χ1n) is 9.80. The van der Waals surface area contributed by atoms with Crippen LogP contribution in [0.3, 0.4) is 0 Å². The molecule has 0 spiro atoms. The Morgan fingerprint density at radius 3 is 1.16 bits per heavy atom. The van der Waals surface area contributed by atoms with Crippen molar-refractivity contribution < 1.29 is 20.4 Å². The summed E-state index contributed by atoms with van der Waals surface area (Å²) >= 11 is 0. The van der Waals surface area contributed by atoms with Crippen molar-refractivity contribution in [1.82, 2.24) is 0 Å². The van der Waals surface area contributed by atoms with E-state index in [1.807, 2.05) is 48.5 Å². The number of benzene rings is 4. The standard InChI is InChI=1S/C26H20N2O4/c29-23-11-1-17(13-25(23)31)15-27-21-7-3-19(4-8-21)20-5-9-22(10-6-20)28-16-18-2-12-24(30)26(32)14-18/h1-16,29-32H. The predicted molar refractivity (Wildman–Crippen MR) is 126 cm³/mol. The second kappa shape index (κ2) is 9.06. The molecule has 4 aromatic carbocycles. The van der Waals surface area contributed by atoms with Gasteiger partial charge in [-0.3, -0.25) is 9.98 Å². The number of aliphatic imine (C=N–C) groups is 2. The fourth-order valence-electron chi connectivity index (χ4n) is 3.02. The van der Waals surface area contributed by atoms with Crippen LogP contribution in [-0.4, -0.2) is 32.9 Å². The molecule has 4 N–H and O–H groups in total. The Bertz CT molecular complexity index is 1190. The maximum Gasteiger partial charge on any atom is 0.158 e. The van der Waals surface area contributed by atoms with Crippen molar-refractivity contribution >= 4 is 23.8 Å². The van der Waals surface area contributed by atoms with Gasteiger partial charge < -0.3 is 20.4 Å². The van der Waals surface area contributed by atoms with E-state index in [4.69, 9.17) is 0 Å². The smallest absolute Gasteiger partial charge is 0.158 e. The molecule has 32 heavy (non-hydrogen) atoms. The highest BCUT2D eigenvalue weighted by molar-refractivity contribution is 5.84. The Labute approximate surface area is 184 Å². The van der Waals surface area contributed by atoms with E-state index in [9.17, 15) is 20.4 Å². The maximum atomic E-state index is 9.55. The molecule has 0 aromatic heterocycles. The molecule has 4 aromatic rings. The summed E-state index contributed by atoms with van der Waals surface area (Å²) in [4.78, 5) is 8.78. The van der Waals surface area contributed by atoms with Gasteiger partial charge in [0.05, 0.1) is 11.4 Å². The van der Waals surface area contributed by atoms with E-state index < -0.39 is 0 Å². The highest BCUT2D eigenvalue weighted by atomic mass is 16.3. The van der Waals surface area contributed by atoms with Gasteiger partial charge in [0.15, 0.2) is 23.0 Å². The van der Waals surface area contributed by atoms with Gasteiger partial charge in [-0.1, -0.05) is 24.3 Å². The lowest BCUT2D eigenvalue weighted by atomic mass is 10.1. The minimum Gasteiger partial charge on any atom is -0.504 e. The Morgan fingerprint density at radius 2 is 0.812 bits per heavy atom. The van der Waals surface area contributed by atoms with Crippen LogP contribution in [0.5, 0.6) is 23.0 Å². The Balaban J connectivity index is 1.43. The van der Waals surface area contributed by atoms with Gasteiger partial charge in [0.25, 0.3) is 0 Å². The third-order valence-corrected chi connectivity index (χ3v) is 4.79. The van der Waals surface area contributed by atoms with Gasteiger partial charge in [0, 0.05) is 12.4 Å². The van der Waals surface area contributed by atoms with E-state index in [-0.39, 0.29) is 23.0 Å². The molecule has 0 radical (unpaired) electrons. The van der Waals surface area contributed by atoms with Gasteiger partial charge in [-0.05, 0) is 82.9 Å². The summed E-state index contributed by atoms with van der Waals surface area (Å²) in [6.07, 6.45) is 3.24. The molecule has 6 nitrogen and oxygen atoms in total. The second-order valence-corrected chi connectivity index (χ2v) is 7.11. The third-order valence-electron chi connectivity index (χ3n) is 4.79. The van der Waals surface area contributed by atoms with Crippen molar-refractivity contribution in [3.05, 3.63) is 96.1 Å². The van der Waals surface area contributed by atoms with Gasteiger partial charge >= 0.3 is 0 Å². The zero-order valence-corrected chi connectivity index (χ0v) is 16.9. The largest absolute Gasteiger partial charge is 0.504 e. The molecule has 6 heteroatoms. The zero-order chi connectivity index (χ0) is 22.5. The number of nitrogens with zero attached hydrogens (tertiary/aromatic N) is 2. The normalized spacial score (nSPS) is 11.4. The Kier molecular flexibility index (Phi) is 5.85. The van der Waals surface area contributed by atoms with E-state index in [1.54, 1.807) is 24.6 Å². The maximum absolute atomic E-state index is 9.55. The lowest BCUT2D eigenvalue weighted by molar-refractivity contribution is 0.403.